The first-order valence-electron chi connectivity index (χ1n) is 15.7. The number of carbonyl (C=O) groups excluding carboxylic acids is 2. The second-order valence-corrected chi connectivity index (χ2v) is 11.7. The Kier molecular flexibility index (Phi) is 11.6. The molecule has 0 unspecified atom stereocenters. The third kappa shape index (κ3) is 8.62. The van der Waals surface area contributed by atoms with E-state index in [9.17, 15) is 14.7 Å². The lowest BCUT2D eigenvalue weighted by molar-refractivity contribution is -0.253. The highest BCUT2D eigenvalue weighted by Crippen LogP contribution is 2.39. The second kappa shape index (κ2) is 16.0. The van der Waals surface area contributed by atoms with Crippen molar-refractivity contribution in [2.24, 2.45) is 0 Å². The number of rotatable bonds is 13. The van der Waals surface area contributed by atoms with Gasteiger partial charge in [-0.3, -0.25) is 19.7 Å². The molecule has 2 heterocycles. The van der Waals surface area contributed by atoms with Crippen molar-refractivity contribution in [1.29, 1.82) is 0 Å². The summed E-state index contributed by atoms with van der Waals surface area (Å²) < 4.78 is 24.1. The Balaban J connectivity index is 1.26. The van der Waals surface area contributed by atoms with Crippen molar-refractivity contribution in [1.82, 2.24) is 10.4 Å². The lowest BCUT2D eigenvalue weighted by Gasteiger charge is -2.39. The van der Waals surface area contributed by atoms with Crippen LogP contribution < -0.4 is 20.3 Å². The van der Waals surface area contributed by atoms with Gasteiger partial charge in [0.15, 0.2) is 17.8 Å². The molecule has 0 spiro atoms. The van der Waals surface area contributed by atoms with Crippen LogP contribution in [0.2, 0.25) is 0 Å². The number of hydrogen-bond donors (Lipinski definition) is 4. The van der Waals surface area contributed by atoms with Crippen LogP contribution in [0, 0.1) is 0 Å². The van der Waals surface area contributed by atoms with E-state index < -0.39 is 12.2 Å². The van der Waals surface area contributed by atoms with Gasteiger partial charge >= 0.3 is 0 Å². The molecule has 3 atom stereocenters. The standard InChI is InChI=1S/C35H43N3O8/c1-43-31-17-26-15-16-38(20-27(26)18-32(31)44-2)21-29-19-30(24-9-7-23(22-39)8-10-24)46-35(45-29)25-11-13-28(14-12-25)36-33(40)5-3-4-6-34(41)37-42/h7-14,17-18,29-30,35,39,42H,3-6,15-16,19-22H2,1-2H3,(H,36,40)(H,37,41)/t29-,30+,35+/m0/s1. The van der Waals surface area contributed by atoms with E-state index in [-0.39, 0.29) is 37.6 Å². The number of benzene rings is 3. The van der Waals surface area contributed by atoms with Crippen LogP contribution in [-0.2, 0) is 38.6 Å². The molecule has 0 radical (unpaired) electrons. The molecule has 11 nitrogen and oxygen atoms in total. The number of fused-ring (bicyclic) bond motifs is 1. The van der Waals surface area contributed by atoms with Gasteiger partial charge in [0, 0.05) is 50.1 Å². The van der Waals surface area contributed by atoms with E-state index in [1.807, 2.05) is 48.5 Å². The Hall–Kier alpha value is -4.00. The highest BCUT2D eigenvalue weighted by molar-refractivity contribution is 5.90. The van der Waals surface area contributed by atoms with E-state index in [0.717, 1.165) is 54.2 Å². The zero-order chi connectivity index (χ0) is 32.5. The number of unbranched alkanes of at least 4 members (excludes halogenated alkanes) is 1. The van der Waals surface area contributed by atoms with Crippen molar-refractivity contribution in [3.63, 3.8) is 0 Å². The largest absolute Gasteiger partial charge is 0.493 e. The molecule has 3 aromatic carbocycles. The van der Waals surface area contributed by atoms with Gasteiger partial charge in [-0.25, -0.2) is 5.48 Å². The summed E-state index contributed by atoms with van der Waals surface area (Å²) in [4.78, 5) is 25.9. The summed E-state index contributed by atoms with van der Waals surface area (Å²) in [7, 11) is 3.31. The van der Waals surface area contributed by atoms with Gasteiger partial charge in [-0.05, 0) is 65.8 Å². The molecular weight excluding hydrogens is 590 g/mol. The topological polar surface area (TPSA) is 139 Å². The Bertz CT molecular complexity index is 1460. The van der Waals surface area contributed by atoms with Gasteiger partial charge in [-0.15, -0.1) is 0 Å². The van der Waals surface area contributed by atoms with Crippen LogP contribution >= 0.6 is 0 Å². The maximum Gasteiger partial charge on any atom is 0.243 e. The number of nitrogens with one attached hydrogen (secondary N) is 2. The third-order valence-electron chi connectivity index (χ3n) is 8.52. The van der Waals surface area contributed by atoms with Gasteiger partial charge in [-0.2, -0.15) is 0 Å². The predicted molar refractivity (Wildman–Crippen MR) is 170 cm³/mol. The Morgan fingerprint density at radius 3 is 2.20 bits per heavy atom. The number of anilines is 1. The average molecular weight is 634 g/mol. The van der Waals surface area contributed by atoms with Gasteiger partial charge in [0.05, 0.1) is 33.0 Å². The molecule has 2 aliphatic heterocycles. The Morgan fingerprint density at radius 2 is 1.54 bits per heavy atom. The number of amides is 2. The first-order valence-corrected chi connectivity index (χ1v) is 15.7. The fraction of sp³-hybridized carbons (Fsp3) is 0.429. The number of aliphatic hydroxyl groups excluding tert-OH is 1. The molecular formula is C35H43N3O8. The molecule has 0 aliphatic carbocycles. The minimum atomic E-state index is -0.606. The zero-order valence-corrected chi connectivity index (χ0v) is 26.4. The number of hydrogen-bond acceptors (Lipinski definition) is 9. The van der Waals surface area contributed by atoms with E-state index in [4.69, 9.17) is 24.2 Å². The molecule has 1 saturated heterocycles. The summed E-state index contributed by atoms with van der Waals surface area (Å²) in [6.45, 7) is 2.39. The number of carbonyl (C=O) groups is 2. The summed E-state index contributed by atoms with van der Waals surface area (Å²) >= 11 is 0. The second-order valence-electron chi connectivity index (χ2n) is 11.7. The smallest absolute Gasteiger partial charge is 0.243 e. The van der Waals surface area contributed by atoms with Gasteiger partial charge in [0.2, 0.25) is 11.8 Å². The van der Waals surface area contributed by atoms with Gasteiger partial charge in [-0.1, -0.05) is 36.4 Å². The highest BCUT2D eigenvalue weighted by Gasteiger charge is 2.34. The van der Waals surface area contributed by atoms with Crippen molar-refractivity contribution in [3.05, 3.63) is 88.5 Å². The average Bonchev–Trinajstić information content (AvgIpc) is 3.09. The molecule has 0 aromatic heterocycles. The lowest BCUT2D eigenvalue weighted by atomic mass is 9.97. The Labute approximate surface area is 269 Å². The normalized spacial score (nSPS) is 19.6. The maximum atomic E-state index is 12.4. The van der Waals surface area contributed by atoms with Gasteiger partial charge in [0.25, 0.3) is 0 Å². The number of aliphatic hydroxyl groups is 1. The van der Waals surface area contributed by atoms with Gasteiger partial charge < -0.3 is 29.4 Å². The number of nitrogens with zero attached hydrogens (tertiary/aromatic N) is 1. The number of ether oxygens (including phenoxy) is 4. The van der Waals surface area contributed by atoms with E-state index in [1.54, 1.807) is 19.7 Å². The monoisotopic (exact) mass is 633 g/mol. The highest BCUT2D eigenvalue weighted by atomic mass is 16.7. The Morgan fingerprint density at radius 1 is 0.891 bits per heavy atom. The SMILES string of the molecule is COc1cc2c(cc1OC)CN(C[C@@H]1C[C@H](c3ccc(CO)cc3)O[C@H](c3ccc(NC(=O)CCCCC(=O)NO)cc3)O1)CC2. The summed E-state index contributed by atoms with van der Waals surface area (Å²) in [5.41, 5.74) is 7.45. The molecule has 2 amide bonds. The molecule has 2 aliphatic rings. The lowest BCUT2D eigenvalue weighted by Crippen LogP contribution is -2.41. The molecule has 0 saturated carbocycles. The van der Waals surface area contributed by atoms with Crippen LogP contribution in [0.25, 0.3) is 0 Å². The van der Waals surface area contributed by atoms with Gasteiger partial charge in [0.1, 0.15) is 0 Å². The quantitative estimate of drug-likeness (QED) is 0.119. The molecule has 5 rings (SSSR count). The van der Waals surface area contributed by atoms with Crippen LogP contribution in [0.3, 0.4) is 0 Å². The van der Waals surface area contributed by atoms with Crippen molar-refractivity contribution in [2.75, 3.05) is 32.6 Å². The van der Waals surface area contributed by atoms with Crippen molar-refractivity contribution >= 4 is 17.5 Å². The predicted octanol–water partition coefficient (Wildman–Crippen LogP) is 4.80. The van der Waals surface area contributed by atoms with Crippen LogP contribution in [-0.4, -0.2) is 60.4 Å². The van der Waals surface area contributed by atoms with Crippen molar-refractivity contribution < 1.29 is 38.9 Å². The van der Waals surface area contributed by atoms with Crippen molar-refractivity contribution in [2.45, 2.75) is 70.2 Å². The number of methoxy groups -OCH3 is 2. The summed E-state index contributed by atoms with van der Waals surface area (Å²) in [6.07, 6.45) is 2.15. The first-order chi connectivity index (χ1) is 22.4. The maximum absolute atomic E-state index is 12.4. The first kappa shape index (κ1) is 33.4. The molecule has 4 N–H and O–H groups in total. The van der Waals surface area contributed by atoms with E-state index >= 15 is 0 Å². The molecule has 11 heteroatoms. The minimum Gasteiger partial charge on any atom is -0.493 e. The number of hydroxylamine groups is 1. The van der Waals surface area contributed by atoms with E-state index in [0.29, 0.717) is 24.9 Å². The fourth-order valence-electron chi connectivity index (χ4n) is 5.99. The molecule has 0 bridgehead atoms. The fourth-order valence-corrected chi connectivity index (χ4v) is 5.99. The third-order valence-corrected chi connectivity index (χ3v) is 8.52. The van der Waals surface area contributed by atoms with Crippen LogP contribution in [0.5, 0.6) is 11.5 Å². The van der Waals surface area contributed by atoms with Crippen LogP contribution in [0.15, 0.2) is 60.7 Å². The molecule has 3 aromatic rings. The molecule has 1 fully saturated rings. The summed E-state index contributed by atoms with van der Waals surface area (Å²) in [5.74, 6) is 0.866. The van der Waals surface area contributed by atoms with Crippen molar-refractivity contribution in [3.8, 4) is 11.5 Å². The van der Waals surface area contributed by atoms with E-state index in [2.05, 4.69) is 22.3 Å². The zero-order valence-electron chi connectivity index (χ0n) is 26.4. The summed E-state index contributed by atoms with van der Waals surface area (Å²) in [5, 5.41) is 21.0. The van der Waals surface area contributed by atoms with Crippen LogP contribution in [0.4, 0.5) is 5.69 Å². The summed E-state index contributed by atoms with van der Waals surface area (Å²) in [6, 6.07) is 19.4. The van der Waals surface area contributed by atoms with Crippen LogP contribution in [0.1, 0.15) is 72.3 Å². The minimum absolute atomic E-state index is 0.0169. The van der Waals surface area contributed by atoms with E-state index in [1.165, 1.54) is 11.1 Å². The molecule has 246 valence electrons. The molecule has 46 heavy (non-hydrogen) atoms.